The number of carbonyl (C=O) groups is 2. The predicted molar refractivity (Wildman–Crippen MR) is 91.3 cm³/mol. The van der Waals surface area contributed by atoms with E-state index >= 15 is 0 Å². The summed E-state index contributed by atoms with van der Waals surface area (Å²) in [7, 11) is 0. The van der Waals surface area contributed by atoms with Crippen LogP contribution < -0.4 is 10.1 Å². The number of amides is 1. The molecule has 0 bridgehead atoms. The van der Waals surface area contributed by atoms with Crippen molar-refractivity contribution in [1.29, 1.82) is 0 Å². The highest BCUT2D eigenvalue weighted by Gasteiger charge is 2.19. The van der Waals surface area contributed by atoms with Crippen molar-refractivity contribution in [1.82, 2.24) is 5.32 Å². The Kier molecular flexibility index (Phi) is 5.92. The fourth-order valence-corrected chi connectivity index (χ4v) is 2.72. The molecule has 0 fully saturated rings. The van der Waals surface area contributed by atoms with Gasteiger partial charge in [-0.2, -0.15) is 0 Å². The summed E-state index contributed by atoms with van der Waals surface area (Å²) in [5.74, 6) is -2.69. The molecule has 0 radical (unpaired) electrons. The summed E-state index contributed by atoms with van der Waals surface area (Å²) in [6.07, 6.45) is 0. The lowest BCUT2D eigenvalue weighted by atomic mass is 10.0. The highest BCUT2D eigenvalue weighted by atomic mass is 19.1. The molecule has 0 aliphatic heterocycles. The largest absolute Gasteiger partial charge is 0.481 e. The minimum atomic E-state index is -1.11. The lowest BCUT2D eigenvalue weighted by Crippen LogP contribution is -2.28. The van der Waals surface area contributed by atoms with Gasteiger partial charge in [0.05, 0.1) is 6.04 Å². The predicted octanol–water partition coefficient (Wildman–Crippen LogP) is 3.54. The Hall–Kier alpha value is -2.96. The van der Waals surface area contributed by atoms with Gasteiger partial charge >= 0.3 is 5.97 Å². The van der Waals surface area contributed by atoms with Crippen LogP contribution in [-0.4, -0.2) is 23.6 Å². The average molecular weight is 363 g/mol. The summed E-state index contributed by atoms with van der Waals surface area (Å²) in [5, 5.41) is 11.3. The Morgan fingerprint density at radius 3 is 2.19 bits per heavy atom. The van der Waals surface area contributed by atoms with E-state index in [1.807, 2.05) is 0 Å². The molecule has 0 saturated heterocycles. The van der Waals surface area contributed by atoms with E-state index in [2.05, 4.69) is 5.32 Å². The van der Waals surface area contributed by atoms with Crippen molar-refractivity contribution >= 4 is 11.9 Å². The molecule has 2 N–H and O–H groups in total. The summed E-state index contributed by atoms with van der Waals surface area (Å²) in [5.41, 5.74) is 1.24. The molecule has 138 valence electrons. The molecule has 1 amide bonds. The normalized spacial score (nSPS) is 11.7. The van der Waals surface area contributed by atoms with Crippen molar-refractivity contribution in [3.05, 3.63) is 64.2 Å². The third-order valence-electron chi connectivity index (χ3n) is 3.84. The zero-order chi connectivity index (χ0) is 19.4. The van der Waals surface area contributed by atoms with Gasteiger partial charge in [-0.3, -0.25) is 4.79 Å². The average Bonchev–Trinajstić information content (AvgIpc) is 2.53. The van der Waals surface area contributed by atoms with E-state index in [1.165, 1.54) is 25.1 Å². The van der Waals surface area contributed by atoms with Gasteiger partial charge < -0.3 is 15.2 Å². The van der Waals surface area contributed by atoms with E-state index in [1.54, 1.807) is 13.8 Å². The SMILES string of the molecule is Cc1cc(C(=O)NC(C)c2c(F)cccc2F)cc(C)c1OCC(=O)O. The minimum absolute atomic E-state index is 0.212. The molecule has 0 spiro atoms. The molecule has 1 unspecified atom stereocenters. The Bertz CT molecular complexity index is 808. The molecular weight excluding hydrogens is 344 g/mol. The van der Waals surface area contributed by atoms with E-state index < -0.39 is 36.2 Å². The smallest absolute Gasteiger partial charge is 0.341 e. The number of carboxylic acids is 1. The summed E-state index contributed by atoms with van der Waals surface area (Å²) < 4.78 is 32.9. The van der Waals surface area contributed by atoms with Crippen molar-refractivity contribution in [3.8, 4) is 5.75 Å². The van der Waals surface area contributed by atoms with Crippen LogP contribution in [0.4, 0.5) is 8.78 Å². The number of rotatable bonds is 6. The molecule has 0 aliphatic carbocycles. The van der Waals surface area contributed by atoms with Gasteiger partial charge in [-0.15, -0.1) is 0 Å². The molecule has 0 aliphatic rings. The summed E-state index contributed by atoms with van der Waals surface area (Å²) in [4.78, 5) is 23.1. The van der Waals surface area contributed by atoms with E-state index in [0.717, 1.165) is 12.1 Å². The first-order chi connectivity index (χ1) is 12.2. The maximum Gasteiger partial charge on any atom is 0.341 e. The maximum absolute atomic E-state index is 13.8. The highest BCUT2D eigenvalue weighted by molar-refractivity contribution is 5.95. The quantitative estimate of drug-likeness (QED) is 0.823. The van der Waals surface area contributed by atoms with Crippen LogP contribution in [0.5, 0.6) is 5.75 Å². The van der Waals surface area contributed by atoms with E-state index in [9.17, 15) is 18.4 Å². The van der Waals surface area contributed by atoms with E-state index in [-0.39, 0.29) is 11.1 Å². The minimum Gasteiger partial charge on any atom is -0.481 e. The first-order valence-corrected chi connectivity index (χ1v) is 7.91. The van der Waals surface area contributed by atoms with Gasteiger partial charge in [0.2, 0.25) is 0 Å². The van der Waals surface area contributed by atoms with Gasteiger partial charge in [0.15, 0.2) is 6.61 Å². The fraction of sp³-hybridized carbons (Fsp3) is 0.263. The Morgan fingerprint density at radius 2 is 1.69 bits per heavy atom. The summed E-state index contributed by atoms with van der Waals surface area (Å²) in [6.45, 7) is 4.36. The standard InChI is InChI=1S/C19H19F2NO4/c1-10-7-13(8-11(2)18(10)26-9-16(23)24)19(25)22-12(3)17-14(20)5-4-6-15(17)21/h4-8,12H,9H2,1-3H3,(H,22,25)(H,23,24). The van der Waals surface area contributed by atoms with E-state index in [0.29, 0.717) is 16.9 Å². The molecule has 7 heteroatoms. The monoisotopic (exact) mass is 363 g/mol. The molecule has 2 aromatic carbocycles. The van der Waals surface area contributed by atoms with Crippen molar-refractivity contribution in [2.24, 2.45) is 0 Å². The van der Waals surface area contributed by atoms with Crippen LogP contribution in [0.1, 0.15) is 40.0 Å². The van der Waals surface area contributed by atoms with Gasteiger partial charge in [0.25, 0.3) is 5.91 Å². The van der Waals surface area contributed by atoms with Crippen molar-refractivity contribution in [2.75, 3.05) is 6.61 Å². The molecule has 5 nitrogen and oxygen atoms in total. The Balaban J connectivity index is 2.21. The van der Waals surface area contributed by atoms with E-state index in [4.69, 9.17) is 9.84 Å². The van der Waals surface area contributed by atoms with Crippen LogP contribution >= 0.6 is 0 Å². The molecule has 0 aromatic heterocycles. The number of carbonyl (C=O) groups excluding carboxylic acids is 1. The number of benzene rings is 2. The van der Waals surface area contributed by atoms with Crippen molar-refractivity contribution < 1.29 is 28.2 Å². The van der Waals surface area contributed by atoms with Gasteiger partial charge in [0, 0.05) is 11.1 Å². The van der Waals surface area contributed by atoms with Crippen LogP contribution in [0.3, 0.4) is 0 Å². The molecule has 0 saturated carbocycles. The third-order valence-corrected chi connectivity index (χ3v) is 3.84. The first kappa shape index (κ1) is 19.4. The van der Waals surface area contributed by atoms with Gasteiger partial charge in [-0.05, 0) is 56.2 Å². The topological polar surface area (TPSA) is 75.6 Å². The number of carboxylic acid groups (broad SMARTS) is 1. The van der Waals surface area contributed by atoms with Gasteiger partial charge in [-0.1, -0.05) is 6.07 Å². The lowest BCUT2D eigenvalue weighted by Gasteiger charge is -2.17. The molecule has 1 atom stereocenters. The lowest BCUT2D eigenvalue weighted by molar-refractivity contribution is -0.139. The molecule has 2 aromatic rings. The van der Waals surface area contributed by atoms with Gasteiger partial charge in [-0.25, -0.2) is 13.6 Å². The maximum atomic E-state index is 13.8. The Morgan fingerprint density at radius 1 is 1.15 bits per heavy atom. The second kappa shape index (κ2) is 7.95. The molecule has 0 heterocycles. The number of aliphatic carboxylic acids is 1. The van der Waals surface area contributed by atoms with Crippen molar-refractivity contribution in [3.63, 3.8) is 0 Å². The number of nitrogens with one attached hydrogen (secondary N) is 1. The van der Waals surface area contributed by atoms with Crippen LogP contribution in [0.2, 0.25) is 0 Å². The number of halogens is 2. The second-order valence-electron chi connectivity index (χ2n) is 5.95. The van der Waals surface area contributed by atoms with Crippen LogP contribution in [0.15, 0.2) is 30.3 Å². The third kappa shape index (κ3) is 4.36. The van der Waals surface area contributed by atoms with Crippen LogP contribution in [0.25, 0.3) is 0 Å². The first-order valence-electron chi connectivity index (χ1n) is 7.91. The number of hydrogen-bond acceptors (Lipinski definition) is 3. The second-order valence-corrected chi connectivity index (χ2v) is 5.95. The fourth-order valence-electron chi connectivity index (χ4n) is 2.72. The van der Waals surface area contributed by atoms with Crippen LogP contribution in [-0.2, 0) is 4.79 Å². The zero-order valence-electron chi connectivity index (χ0n) is 14.6. The number of ether oxygens (including phenoxy) is 1. The highest BCUT2D eigenvalue weighted by Crippen LogP contribution is 2.26. The number of hydrogen-bond donors (Lipinski definition) is 2. The summed E-state index contributed by atoms with van der Waals surface area (Å²) >= 11 is 0. The molecule has 2 rings (SSSR count). The van der Waals surface area contributed by atoms with Crippen LogP contribution in [0, 0.1) is 25.5 Å². The van der Waals surface area contributed by atoms with Crippen molar-refractivity contribution in [2.45, 2.75) is 26.8 Å². The zero-order valence-corrected chi connectivity index (χ0v) is 14.6. The summed E-state index contributed by atoms with van der Waals surface area (Å²) in [6, 6.07) is 5.71. The van der Waals surface area contributed by atoms with Gasteiger partial charge in [0.1, 0.15) is 17.4 Å². The molecule has 26 heavy (non-hydrogen) atoms. The molecular formula is C19H19F2NO4. The number of aryl methyl sites for hydroxylation is 2. The Labute approximate surface area is 149 Å².